The molecular weight excluding hydrogens is 550 g/mol. The van der Waals surface area contributed by atoms with Crippen LogP contribution in [0.1, 0.15) is 51.8 Å². The summed E-state index contributed by atoms with van der Waals surface area (Å²) in [5.41, 5.74) is 1.54. The van der Waals surface area contributed by atoms with Crippen molar-refractivity contribution in [3.63, 3.8) is 0 Å². The molecule has 11 heteroatoms. The zero-order valence-corrected chi connectivity index (χ0v) is 23.2. The molecule has 10 nitrogen and oxygen atoms in total. The molecule has 0 saturated carbocycles. The van der Waals surface area contributed by atoms with Crippen LogP contribution >= 0.6 is 11.6 Å². The van der Waals surface area contributed by atoms with Crippen molar-refractivity contribution in [1.82, 2.24) is 0 Å². The summed E-state index contributed by atoms with van der Waals surface area (Å²) in [5, 5.41) is 5.23. The zero-order chi connectivity index (χ0) is 29.7. The Hall–Kier alpha value is -4.96. The third-order valence-corrected chi connectivity index (χ3v) is 6.11. The maximum atomic E-state index is 13.2. The second-order valence-corrected chi connectivity index (χ2v) is 9.47. The number of carbonyl (C=O) groups excluding carboxylic acids is 5. The van der Waals surface area contributed by atoms with Crippen LogP contribution in [-0.4, -0.2) is 42.4 Å². The van der Waals surface area contributed by atoms with E-state index >= 15 is 0 Å². The van der Waals surface area contributed by atoms with Gasteiger partial charge in [0.05, 0.1) is 29.5 Å². The zero-order valence-electron chi connectivity index (χ0n) is 22.4. The summed E-state index contributed by atoms with van der Waals surface area (Å²) in [6.45, 7) is 5.34. The lowest BCUT2D eigenvalue weighted by molar-refractivity contribution is -0.120. The summed E-state index contributed by atoms with van der Waals surface area (Å²) in [6, 6.07) is 18.4. The first-order valence-corrected chi connectivity index (χ1v) is 13.0. The van der Waals surface area contributed by atoms with Crippen molar-refractivity contribution < 1.29 is 33.4 Å². The van der Waals surface area contributed by atoms with Gasteiger partial charge in [0.15, 0.2) is 0 Å². The lowest BCUT2D eigenvalue weighted by Crippen LogP contribution is -2.32. The van der Waals surface area contributed by atoms with Crippen molar-refractivity contribution in [3.05, 3.63) is 100 Å². The highest BCUT2D eigenvalue weighted by atomic mass is 35.5. The number of benzene rings is 3. The Morgan fingerprint density at radius 2 is 1.51 bits per heavy atom. The number of amides is 3. The molecule has 3 amide bonds. The maximum Gasteiger partial charge on any atom is 0.338 e. The Bertz CT molecular complexity index is 1560. The summed E-state index contributed by atoms with van der Waals surface area (Å²) in [5.74, 6) is -3.00. The summed E-state index contributed by atoms with van der Waals surface area (Å²) >= 11 is 6.24. The van der Waals surface area contributed by atoms with Gasteiger partial charge >= 0.3 is 11.9 Å². The summed E-state index contributed by atoms with van der Waals surface area (Å²) in [6.07, 6.45) is -0.253. The number of hydrogen-bond donors (Lipinski definition) is 2. The van der Waals surface area contributed by atoms with E-state index in [0.29, 0.717) is 16.9 Å². The van der Waals surface area contributed by atoms with Crippen LogP contribution in [0.25, 0.3) is 0 Å². The lowest BCUT2D eigenvalue weighted by atomic mass is 10.1. The maximum absolute atomic E-state index is 13.2. The van der Waals surface area contributed by atoms with Gasteiger partial charge < -0.3 is 20.1 Å². The summed E-state index contributed by atoms with van der Waals surface area (Å²) in [7, 11) is 0. The molecule has 3 aromatic rings. The van der Waals surface area contributed by atoms with Gasteiger partial charge in [-0.2, -0.15) is 0 Å². The fraction of sp³-hybridized carbons (Fsp3) is 0.167. The molecule has 0 spiro atoms. The van der Waals surface area contributed by atoms with Gasteiger partial charge in [-0.25, -0.2) is 14.5 Å². The minimum atomic E-state index is -0.769. The number of esters is 2. The number of imide groups is 1. The van der Waals surface area contributed by atoms with Gasteiger partial charge in [0, 0.05) is 16.9 Å². The molecule has 4 rings (SSSR count). The molecule has 0 fully saturated rings. The first-order chi connectivity index (χ1) is 19.6. The molecule has 0 bridgehead atoms. The van der Waals surface area contributed by atoms with Crippen molar-refractivity contribution in [1.29, 1.82) is 0 Å². The average Bonchev–Trinajstić information content (AvgIpc) is 3.16. The molecule has 0 saturated heterocycles. The van der Waals surface area contributed by atoms with Crippen molar-refractivity contribution in [2.24, 2.45) is 0 Å². The Kier molecular flexibility index (Phi) is 8.84. The van der Waals surface area contributed by atoms with E-state index in [4.69, 9.17) is 21.1 Å². The van der Waals surface area contributed by atoms with Crippen LogP contribution in [-0.2, 0) is 19.1 Å². The van der Waals surface area contributed by atoms with Gasteiger partial charge in [0.1, 0.15) is 10.7 Å². The lowest BCUT2D eigenvalue weighted by Gasteiger charge is -2.16. The van der Waals surface area contributed by atoms with E-state index in [1.54, 1.807) is 63.2 Å². The largest absolute Gasteiger partial charge is 0.462 e. The summed E-state index contributed by atoms with van der Waals surface area (Å²) < 4.78 is 10.1. The molecule has 0 atom stereocenters. The number of carbonyl (C=O) groups is 5. The van der Waals surface area contributed by atoms with Crippen LogP contribution < -0.4 is 15.5 Å². The molecule has 3 aromatic carbocycles. The van der Waals surface area contributed by atoms with Gasteiger partial charge in [-0.05, 0) is 81.4 Å². The highest BCUT2D eigenvalue weighted by Gasteiger charge is 2.39. The Labute approximate surface area is 240 Å². The van der Waals surface area contributed by atoms with Crippen molar-refractivity contribution in [3.8, 4) is 0 Å². The van der Waals surface area contributed by atoms with E-state index in [1.807, 2.05) is 0 Å². The fourth-order valence-corrected chi connectivity index (χ4v) is 4.10. The van der Waals surface area contributed by atoms with Gasteiger partial charge in [0.25, 0.3) is 17.7 Å². The van der Waals surface area contributed by atoms with Gasteiger partial charge in [-0.3, -0.25) is 14.4 Å². The SMILES string of the molecule is CCOC(=O)c1cccc(N2C(=O)C(Cl)=C(Nc3cccc(C(=O)Nc4ccc(C(=O)OC(C)C)cc4)c3)C2=O)c1. The van der Waals surface area contributed by atoms with Crippen LogP contribution in [0, 0.1) is 0 Å². The fourth-order valence-electron chi connectivity index (χ4n) is 3.89. The van der Waals surface area contributed by atoms with Crippen molar-refractivity contribution >= 4 is 58.3 Å². The third kappa shape index (κ3) is 6.62. The normalized spacial score (nSPS) is 13.0. The van der Waals surface area contributed by atoms with Crippen LogP contribution in [0.4, 0.5) is 17.1 Å². The molecule has 210 valence electrons. The molecule has 2 N–H and O–H groups in total. The Morgan fingerprint density at radius 3 is 2.20 bits per heavy atom. The highest BCUT2D eigenvalue weighted by molar-refractivity contribution is 6.53. The Morgan fingerprint density at radius 1 is 0.829 bits per heavy atom. The van der Waals surface area contributed by atoms with Gasteiger partial charge in [-0.1, -0.05) is 23.7 Å². The number of rotatable bonds is 9. The predicted octanol–water partition coefficient (Wildman–Crippen LogP) is 5.12. The van der Waals surface area contributed by atoms with Crippen molar-refractivity contribution in [2.75, 3.05) is 22.1 Å². The van der Waals surface area contributed by atoms with E-state index in [9.17, 15) is 24.0 Å². The second-order valence-electron chi connectivity index (χ2n) is 9.10. The average molecular weight is 576 g/mol. The molecule has 1 heterocycles. The van der Waals surface area contributed by atoms with Crippen LogP contribution in [0.2, 0.25) is 0 Å². The molecule has 1 aliphatic heterocycles. The minimum absolute atomic E-state index is 0.150. The molecule has 0 radical (unpaired) electrons. The molecular formula is C30H26ClN3O7. The molecule has 1 aliphatic rings. The first-order valence-electron chi connectivity index (χ1n) is 12.6. The smallest absolute Gasteiger partial charge is 0.338 e. The molecule has 41 heavy (non-hydrogen) atoms. The predicted molar refractivity (Wildman–Crippen MR) is 153 cm³/mol. The number of ether oxygens (including phenoxy) is 2. The summed E-state index contributed by atoms with van der Waals surface area (Å²) in [4.78, 5) is 64.0. The monoisotopic (exact) mass is 575 g/mol. The van der Waals surface area contributed by atoms with Gasteiger partial charge in [-0.15, -0.1) is 0 Å². The van der Waals surface area contributed by atoms with Gasteiger partial charge in [0.2, 0.25) is 0 Å². The third-order valence-electron chi connectivity index (χ3n) is 5.76. The van der Waals surface area contributed by atoms with Crippen LogP contribution in [0.5, 0.6) is 0 Å². The quantitative estimate of drug-likeness (QED) is 0.266. The topological polar surface area (TPSA) is 131 Å². The number of nitrogens with one attached hydrogen (secondary N) is 2. The minimum Gasteiger partial charge on any atom is -0.462 e. The number of anilines is 3. The molecule has 0 aliphatic carbocycles. The van der Waals surface area contributed by atoms with Crippen LogP contribution in [0.15, 0.2) is 83.5 Å². The number of halogens is 1. The molecule has 0 unspecified atom stereocenters. The second kappa shape index (κ2) is 12.5. The van der Waals surface area contributed by atoms with Crippen LogP contribution in [0.3, 0.4) is 0 Å². The van der Waals surface area contributed by atoms with E-state index < -0.39 is 29.7 Å². The standard InChI is InChI=1S/C30H26ClN3O7/c1-4-40-29(38)20-8-6-10-23(16-20)34-27(36)24(31)25(28(34)37)32-22-9-5-7-19(15-22)26(35)33-21-13-11-18(12-14-21)30(39)41-17(2)3/h5-17,32H,4H2,1-3H3,(H,33,35). The highest BCUT2D eigenvalue weighted by Crippen LogP contribution is 2.31. The van der Waals surface area contributed by atoms with E-state index in [2.05, 4.69) is 10.6 Å². The number of hydrogen-bond acceptors (Lipinski definition) is 8. The Balaban J connectivity index is 1.47. The van der Waals surface area contributed by atoms with E-state index in [0.717, 1.165) is 4.90 Å². The number of nitrogens with zero attached hydrogens (tertiary/aromatic N) is 1. The van der Waals surface area contributed by atoms with E-state index in [1.165, 1.54) is 30.3 Å². The van der Waals surface area contributed by atoms with Crippen molar-refractivity contribution in [2.45, 2.75) is 26.9 Å². The van der Waals surface area contributed by atoms with E-state index in [-0.39, 0.29) is 40.3 Å². The first kappa shape index (κ1) is 29.0. The molecule has 0 aromatic heterocycles.